The van der Waals surface area contributed by atoms with Crippen molar-refractivity contribution < 1.29 is 4.79 Å². The summed E-state index contributed by atoms with van der Waals surface area (Å²) in [6, 6.07) is 7.05. The second-order valence-electron chi connectivity index (χ2n) is 6.05. The van der Waals surface area contributed by atoms with Crippen LogP contribution in [0.4, 0.5) is 0 Å². The van der Waals surface area contributed by atoms with Crippen LogP contribution in [0.15, 0.2) is 41.5 Å². The molecule has 1 amide bonds. The predicted octanol–water partition coefficient (Wildman–Crippen LogP) is 1.63. The maximum Gasteiger partial charge on any atom is 0.275 e. The number of aromatic nitrogens is 4. The van der Waals surface area contributed by atoms with Crippen LogP contribution in [-0.2, 0) is 7.05 Å². The number of nitrogens with one attached hydrogen (secondary N) is 1. The Hall–Kier alpha value is -2.96. The van der Waals surface area contributed by atoms with E-state index in [1.165, 1.54) is 0 Å². The molecule has 0 bridgehead atoms. The molecule has 24 heavy (non-hydrogen) atoms. The molecule has 1 N–H and O–H groups in total. The highest BCUT2D eigenvalue weighted by Crippen LogP contribution is 2.33. The van der Waals surface area contributed by atoms with Crippen molar-refractivity contribution in [2.45, 2.75) is 18.9 Å². The molecule has 2 aromatic heterocycles. The van der Waals surface area contributed by atoms with Crippen molar-refractivity contribution in [2.24, 2.45) is 7.05 Å². The minimum absolute atomic E-state index is 0.00121. The third-order valence-corrected chi connectivity index (χ3v) is 4.52. The largest absolute Gasteiger partial charge is 0.330 e. The van der Waals surface area contributed by atoms with Crippen LogP contribution in [0.1, 0.15) is 34.9 Å². The Kier molecular flexibility index (Phi) is 3.41. The Labute approximate surface area is 137 Å². The Morgan fingerprint density at radius 3 is 2.83 bits per heavy atom. The van der Waals surface area contributed by atoms with E-state index in [2.05, 4.69) is 15.3 Å². The summed E-state index contributed by atoms with van der Waals surface area (Å²) in [6.07, 6.45) is 5.58. The highest BCUT2D eigenvalue weighted by Gasteiger charge is 2.33. The number of nitrogens with zero attached hydrogens (tertiary/aromatic N) is 4. The minimum atomic E-state index is -0.285. The molecule has 1 saturated heterocycles. The van der Waals surface area contributed by atoms with Gasteiger partial charge in [-0.15, -0.1) is 0 Å². The molecule has 7 heteroatoms. The summed E-state index contributed by atoms with van der Waals surface area (Å²) in [7, 11) is 1.86. The molecule has 3 heterocycles. The van der Waals surface area contributed by atoms with Gasteiger partial charge in [0, 0.05) is 30.7 Å². The van der Waals surface area contributed by atoms with Crippen molar-refractivity contribution >= 4 is 16.7 Å². The molecule has 0 spiro atoms. The first-order valence-corrected chi connectivity index (χ1v) is 7.92. The summed E-state index contributed by atoms with van der Waals surface area (Å²) >= 11 is 0. The zero-order chi connectivity index (χ0) is 16.7. The summed E-state index contributed by atoms with van der Waals surface area (Å²) in [5, 5.41) is 11.7. The van der Waals surface area contributed by atoms with E-state index < -0.39 is 0 Å². The van der Waals surface area contributed by atoms with Crippen LogP contribution in [0.3, 0.4) is 0 Å². The molecule has 1 aliphatic heterocycles. The highest BCUT2D eigenvalue weighted by atomic mass is 16.2. The summed E-state index contributed by atoms with van der Waals surface area (Å²) < 4.78 is 1.74. The van der Waals surface area contributed by atoms with Crippen LogP contribution in [0.25, 0.3) is 10.8 Å². The molecule has 7 nitrogen and oxygen atoms in total. The van der Waals surface area contributed by atoms with Gasteiger partial charge in [0.15, 0.2) is 5.69 Å². The van der Waals surface area contributed by atoms with E-state index in [-0.39, 0.29) is 17.5 Å². The van der Waals surface area contributed by atoms with E-state index in [0.29, 0.717) is 23.0 Å². The Morgan fingerprint density at radius 2 is 2.08 bits per heavy atom. The van der Waals surface area contributed by atoms with Gasteiger partial charge in [0.2, 0.25) is 0 Å². The van der Waals surface area contributed by atoms with Crippen molar-refractivity contribution in [3.05, 3.63) is 58.3 Å². The maximum absolute atomic E-state index is 13.1. The van der Waals surface area contributed by atoms with E-state index in [4.69, 9.17) is 0 Å². The van der Waals surface area contributed by atoms with E-state index >= 15 is 0 Å². The molecular formula is C17H17N5O2. The van der Waals surface area contributed by atoms with Crippen molar-refractivity contribution in [3.8, 4) is 0 Å². The number of likely N-dealkylation sites (tertiary alicyclic amines) is 1. The van der Waals surface area contributed by atoms with Crippen LogP contribution in [0.2, 0.25) is 0 Å². The van der Waals surface area contributed by atoms with Crippen LogP contribution >= 0.6 is 0 Å². The van der Waals surface area contributed by atoms with Gasteiger partial charge in [-0.25, -0.2) is 5.10 Å². The van der Waals surface area contributed by atoms with Gasteiger partial charge in [0.1, 0.15) is 0 Å². The monoisotopic (exact) mass is 323 g/mol. The van der Waals surface area contributed by atoms with Gasteiger partial charge in [-0.05, 0) is 18.9 Å². The molecule has 1 atom stereocenters. The number of fused-ring (bicyclic) bond motifs is 1. The number of benzene rings is 1. The fourth-order valence-electron chi connectivity index (χ4n) is 3.38. The maximum atomic E-state index is 13.1. The first-order valence-electron chi connectivity index (χ1n) is 7.92. The van der Waals surface area contributed by atoms with Crippen LogP contribution in [0, 0.1) is 0 Å². The fourth-order valence-corrected chi connectivity index (χ4v) is 3.38. The normalized spacial score (nSPS) is 17.5. The molecular weight excluding hydrogens is 306 g/mol. The van der Waals surface area contributed by atoms with Gasteiger partial charge >= 0.3 is 0 Å². The second-order valence-corrected chi connectivity index (χ2v) is 6.05. The lowest BCUT2D eigenvalue weighted by Crippen LogP contribution is -2.32. The van der Waals surface area contributed by atoms with Gasteiger partial charge < -0.3 is 4.90 Å². The summed E-state index contributed by atoms with van der Waals surface area (Å²) in [5.41, 5.74) is 1.03. The molecule has 0 aliphatic carbocycles. The van der Waals surface area contributed by atoms with Gasteiger partial charge in [-0.2, -0.15) is 10.2 Å². The summed E-state index contributed by atoms with van der Waals surface area (Å²) in [5.74, 6) is -0.159. The highest BCUT2D eigenvalue weighted by molar-refractivity contribution is 6.04. The number of carbonyl (C=O) groups is 1. The van der Waals surface area contributed by atoms with Crippen LogP contribution < -0.4 is 5.56 Å². The van der Waals surface area contributed by atoms with E-state index in [1.807, 2.05) is 24.2 Å². The molecule has 1 fully saturated rings. The van der Waals surface area contributed by atoms with Crippen LogP contribution in [-0.4, -0.2) is 37.3 Å². The molecule has 122 valence electrons. The van der Waals surface area contributed by atoms with Crippen molar-refractivity contribution in [1.29, 1.82) is 0 Å². The Balaban J connectivity index is 1.76. The number of carbonyl (C=O) groups excluding carboxylic acids is 1. The first kappa shape index (κ1) is 14.6. The molecule has 1 aliphatic rings. The van der Waals surface area contributed by atoms with E-state index in [9.17, 15) is 9.59 Å². The Bertz CT molecular complexity index is 974. The third kappa shape index (κ3) is 2.29. The molecule has 4 rings (SSSR count). The van der Waals surface area contributed by atoms with Gasteiger partial charge in [0.25, 0.3) is 11.5 Å². The SMILES string of the molecule is Cn1cc(C2CCCN2C(=O)c2n[nH]c(=O)c3ccccc23)cn1. The molecule has 1 unspecified atom stereocenters. The number of H-pyrrole nitrogens is 1. The summed E-state index contributed by atoms with van der Waals surface area (Å²) in [6.45, 7) is 0.674. The fraction of sp³-hybridized carbons (Fsp3) is 0.294. The average molecular weight is 323 g/mol. The number of hydrogen-bond donors (Lipinski definition) is 1. The smallest absolute Gasteiger partial charge is 0.275 e. The van der Waals surface area contributed by atoms with Crippen molar-refractivity contribution in [3.63, 3.8) is 0 Å². The Morgan fingerprint density at radius 1 is 1.29 bits per heavy atom. The molecule has 0 saturated carbocycles. The lowest BCUT2D eigenvalue weighted by molar-refractivity contribution is 0.0730. The number of aryl methyl sites for hydroxylation is 1. The lowest BCUT2D eigenvalue weighted by Gasteiger charge is -2.23. The van der Waals surface area contributed by atoms with Crippen molar-refractivity contribution in [1.82, 2.24) is 24.9 Å². The van der Waals surface area contributed by atoms with Gasteiger partial charge in [-0.1, -0.05) is 18.2 Å². The molecule has 1 aromatic carbocycles. The van der Waals surface area contributed by atoms with Crippen LogP contribution in [0.5, 0.6) is 0 Å². The minimum Gasteiger partial charge on any atom is -0.330 e. The standard InChI is InChI=1S/C17H17N5O2/c1-21-10-11(9-18-21)14-7-4-8-22(14)17(24)15-12-5-2-3-6-13(12)16(23)20-19-15/h2-3,5-6,9-10,14H,4,7-8H2,1H3,(H,20,23). The first-order chi connectivity index (χ1) is 11.6. The quantitative estimate of drug-likeness (QED) is 0.777. The number of hydrogen-bond acceptors (Lipinski definition) is 4. The zero-order valence-electron chi connectivity index (χ0n) is 13.3. The second kappa shape index (κ2) is 5.59. The lowest BCUT2D eigenvalue weighted by atomic mass is 10.1. The van der Waals surface area contributed by atoms with Crippen molar-refractivity contribution in [2.75, 3.05) is 6.54 Å². The predicted molar refractivity (Wildman–Crippen MR) is 88.6 cm³/mol. The molecule has 0 radical (unpaired) electrons. The molecule has 3 aromatic rings. The number of rotatable bonds is 2. The van der Waals surface area contributed by atoms with E-state index in [1.54, 1.807) is 29.1 Å². The topological polar surface area (TPSA) is 83.9 Å². The van der Waals surface area contributed by atoms with Gasteiger partial charge in [-0.3, -0.25) is 14.3 Å². The zero-order valence-corrected chi connectivity index (χ0v) is 13.3. The number of aromatic amines is 1. The summed E-state index contributed by atoms with van der Waals surface area (Å²) in [4.78, 5) is 26.8. The third-order valence-electron chi connectivity index (χ3n) is 4.52. The van der Waals surface area contributed by atoms with Gasteiger partial charge in [0.05, 0.1) is 17.6 Å². The number of amides is 1. The van der Waals surface area contributed by atoms with E-state index in [0.717, 1.165) is 18.4 Å². The average Bonchev–Trinajstić information content (AvgIpc) is 3.23.